The zero-order valence-corrected chi connectivity index (χ0v) is 9.81. The number of amides is 1. The van der Waals surface area contributed by atoms with Gasteiger partial charge in [-0.2, -0.15) is 12.6 Å². The van der Waals surface area contributed by atoms with Crippen LogP contribution in [-0.4, -0.2) is 12.2 Å². The molecule has 0 unspecified atom stereocenters. The molecule has 0 radical (unpaired) electrons. The predicted octanol–water partition coefficient (Wildman–Crippen LogP) is 2.02. The van der Waals surface area contributed by atoms with Gasteiger partial charge in [0.2, 0.25) is 5.91 Å². The van der Waals surface area contributed by atoms with Crippen molar-refractivity contribution in [1.82, 2.24) is 0 Å². The number of carbonyl (C=O) groups is 1. The standard InChI is InChI=1S/C8H8BrNO.CH4S/c9-7-4-2-1-3-6(7)5-8(10)11;1-2/h1-4H,5H2,(H2,10,11);2H,1H3. The Labute approximate surface area is 92.1 Å². The van der Waals surface area contributed by atoms with Crippen LogP contribution in [0, 0.1) is 0 Å². The summed E-state index contributed by atoms with van der Waals surface area (Å²) in [6.45, 7) is 0. The highest BCUT2D eigenvalue weighted by molar-refractivity contribution is 9.10. The number of carbonyl (C=O) groups excluding carboxylic acids is 1. The lowest BCUT2D eigenvalue weighted by molar-refractivity contribution is -0.117. The maximum absolute atomic E-state index is 10.5. The number of hydrogen-bond acceptors (Lipinski definition) is 2. The van der Waals surface area contributed by atoms with Crippen molar-refractivity contribution in [2.24, 2.45) is 5.73 Å². The lowest BCUT2D eigenvalue weighted by Crippen LogP contribution is -2.13. The highest BCUT2D eigenvalue weighted by atomic mass is 79.9. The van der Waals surface area contributed by atoms with E-state index in [0.717, 1.165) is 10.0 Å². The lowest BCUT2D eigenvalue weighted by atomic mass is 10.1. The van der Waals surface area contributed by atoms with E-state index in [0.29, 0.717) is 6.42 Å². The molecule has 2 nitrogen and oxygen atoms in total. The Morgan fingerprint density at radius 2 is 2.00 bits per heavy atom. The van der Waals surface area contributed by atoms with Crippen molar-refractivity contribution in [1.29, 1.82) is 0 Å². The van der Waals surface area contributed by atoms with Crippen LogP contribution in [0.2, 0.25) is 0 Å². The Bertz CT molecular complexity index is 278. The third kappa shape index (κ3) is 4.95. The second-order valence-corrected chi connectivity index (χ2v) is 3.09. The first kappa shape index (κ1) is 12.5. The van der Waals surface area contributed by atoms with Gasteiger partial charge >= 0.3 is 0 Å². The van der Waals surface area contributed by atoms with Crippen molar-refractivity contribution >= 4 is 34.5 Å². The van der Waals surface area contributed by atoms with E-state index in [1.807, 2.05) is 24.3 Å². The summed E-state index contributed by atoms with van der Waals surface area (Å²) in [5.74, 6) is -0.308. The third-order valence-corrected chi connectivity index (χ3v) is 2.10. The maximum atomic E-state index is 10.5. The predicted molar refractivity (Wildman–Crippen MR) is 62.0 cm³/mol. The number of primary amides is 1. The van der Waals surface area contributed by atoms with Crippen LogP contribution in [0.4, 0.5) is 0 Å². The topological polar surface area (TPSA) is 43.1 Å². The molecule has 0 saturated carbocycles. The number of nitrogens with two attached hydrogens (primary N) is 1. The summed E-state index contributed by atoms with van der Waals surface area (Å²) in [5, 5.41) is 0. The third-order valence-electron chi connectivity index (χ3n) is 1.32. The maximum Gasteiger partial charge on any atom is 0.221 e. The number of rotatable bonds is 2. The first-order chi connectivity index (χ1) is 6.20. The molecule has 1 amide bonds. The van der Waals surface area contributed by atoms with Gasteiger partial charge in [-0.1, -0.05) is 34.1 Å². The van der Waals surface area contributed by atoms with Gasteiger partial charge in [-0.25, -0.2) is 0 Å². The first-order valence-electron chi connectivity index (χ1n) is 3.66. The molecule has 0 aromatic heterocycles. The molecule has 4 heteroatoms. The summed E-state index contributed by atoms with van der Waals surface area (Å²) in [4.78, 5) is 10.5. The van der Waals surface area contributed by atoms with Crippen LogP contribution in [0.15, 0.2) is 28.7 Å². The Morgan fingerprint density at radius 3 is 2.46 bits per heavy atom. The van der Waals surface area contributed by atoms with Crippen molar-refractivity contribution in [3.63, 3.8) is 0 Å². The van der Waals surface area contributed by atoms with Crippen LogP contribution in [0.5, 0.6) is 0 Å². The average molecular weight is 262 g/mol. The molecule has 0 aliphatic rings. The van der Waals surface area contributed by atoms with Crippen LogP contribution >= 0.6 is 28.6 Å². The van der Waals surface area contributed by atoms with Crippen LogP contribution in [0.1, 0.15) is 5.56 Å². The van der Waals surface area contributed by atoms with Gasteiger partial charge < -0.3 is 5.73 Å². The van der Waals surface area contributed by atoms with Crippen molar-refractivity contribution in [2.45, 2.75) is 6.42 Å². The Hall–Kier alpha value is -0.480. The number of benzene rings is 1. The molecule has 1 aromatic rings. The van der Waals surface area contributed by atoms with E-state index >= 15 is 0 Å². The zero-order valence-electron chi connectivity index (χ0n) is 7.33. The molecular formula is C9H12BrNOS. The Kier molecular flexibility index (Phi) is 6.72. The number of hydrogen-bond donors (Lipinski definition) is 2. The van der Waals surface area contributed by atoms with Crippen LogP contribution in [0.3, 0.4) is 0 Å². The van der Waals surface area contributed by atoms with Gasteiger partial charge in [-0.3, -0.25) is 4.79 Å². The van der Waals surface area contributed by atoms with Gasteiger partial charge in [0, 0.05) is 4.47 Å². The molecule has 0 heterocycles. The summed E-state index contributed by atoms with van der Waals surface area (Å²) < 4.78 is 0.929. The Morgan fingerprint density at radius 1 is 1.46 bits per heavy atom. The second-order valence-electron chi connectivity index (χ2n) is 2.23. The van der Waals surface area contributed by atoms with E-state index in [1.165, 1.54) is 0 Å². The average Bonchev–Trinajstić information content (AvgIpc) is 2.12. The van der Waals surface area contributed by atoms with Crippen molar-refractivity contribution in [2.75, 3.05) is 6.26 Å². The van der Waals surface area contributed by atoms with E-state index in [-0.39, 0.29) is 5.91 Å². The smallest absolute Gasteiger partial charge is 0.221 e. The molecule has 1 aromatic carbocycles. The molecule has 13 heavy (non-hydrogen) atoms. The highest BCUT2D eigenvalue weighted by Gasteiger charge is 2.00. The van der Waals surface area contributed by atoms with Gasteiger partial charge in [0.05, 0.1) is 6.42 Å². The summed E-state index contributed by atoms with van der Waals surface area (Å²) in [5.41, 5.74) is 5.96. The molecule has 0 atom stereocenters. The van der Waals surface area contributed by atoms with Crippen molar-refractivity contribution < 1.29 is 4.79 Å². The molecule has 0 aliphatic carbocycles. The minimum absolute atomic E-state index is 0.293. The van der Waals surface area contributed by atoms with E-state index in [4.69, 9.17) is 5.73 Å². The largest absolute Gasteiger partial charge is 0.369 e. The van der Waals surface area contributed by atoms with Gasteiger partial charge in [-0.15, -0.1) is 0 Å². The van der Waals surface area contributed by atoms with E-state index in [1.54, 1.807) is 6.26 Å². The summed E-state index contributed by atoms with van der Waals surface area (Å²) in [7, 11) is 0. The molecule has 0 aliphatic heterocycles. The molecule has 72 valence electrons. The first-order valence-corrected chi connectivity index (χ1v) is 5.35. The number of halogens is 1. The fourth-order valence-electron chi connectivity index (χ4n) is 0.829. The molecule has 2 N–H and O–H groups in total. The molecule has 0 saturated heterocycles. The molecule has 1 rings (SSSR count). The quantitative estimate of drug-likeness (QED) is 0.787. The zero-order chi connectivity index (χ0) is 10.3. The van der Waals surface area contributed by atoms with Gasteiger partial charge in [0.1, 0.15) is 0 Å². The Balaban J connectivity index is 0.000000671. The summed E-state index contributed by atoms with van der Waals surface area (Å²) in [6.07, 6.45) is 1.99. The van der Waals surface area contributed by atoms with Gasteiger partial charge in [-0.05, 0) is 17.9 Å². The molecular weight excluding hydrogens is 250 g/mol. The summed E-state index contributed by atoms with van der Waals surface area (Å²) >= 11 is 6.84. The van der Waals surface area contributed by atoms with Crippen LogP contribution < -0.4 is 5.73 Å². The minimum atomic E-state index is -0.308. The minimum Gasteiger partial charge on any atom is -0.369 e. The fraction of sp³-hybridized carbons (Fsp3) is 0.222. The second kappa shape index (κ2) is 6.97. The molecule has 0 fully saturated rings. The van der Waals surface area contributed by atoms with Crippen LogP contribution in [-0.2, 0) is 11.2 Å². The van der Waals surface area contributed by atoms with Gasteiger partial charge in [0.25, 0.3) is 0 Å². The van der Waals surface area contributed by atoms with E-state index < -0.39 is 0 Å². The number of thiol groups is 1. The van der Waals surface area contributed by atoms with E-state index in [2.05, 4.69) is 28.6 Å². The SMILES string of the molecule is CS.NC(=O)Cc1ccccc1Br. The van der Waals surface area contributed by atoms with Crippen molar-refractivity contribution in [3.05, 3.63) is 34.3 Å². The summed E-state index contributed by atoms with van der Waals surface area (Å²) in [6, 6.07) is 7.53. The molecule has 0 spiro atoms. The van der Waals surface area contributed by atoms with Gasteiger partial charge in [0.15, 0.2) is 0 Å². The van der Waals surface area contributed by atoms with Crippen molar-refractivity contribution in [3.8, 4) is 0 Å². The lowest BCUT2D eigenvalue weighted by Gasteiger charge is -1.98. The fourth-order valence-corrected chi connectivity index (χ4v) is 1.25. The normalized spacial score (nSPS) is 8.54. The van der Waals surface area contributed by atoms with Crippen LogP contribution in [0.25, 0.3) is 0 Å². The monoisotopic (exact) mass is 261 g/mol. The highest BCUT2D eigenvalue weighted by Crippen LogP contribution is 2.15. The molecule has 0 bridgehead atoms. The van der Waals surface area contributed by atoms with E-state index in [9.17, 15) is 4.79 Å².